The quantitative estimate of drug-likeness (QED) is 0.879. The molecule has 5 nitrogen and oxygen atoms in total. The van der Waals surface area contributed by atoms with Crippen LogP contribution in [0, 0.1) is 6.92 Å². The third-order valence-corrected chi connectivity index (χ3v) is 3.37. The van der Waals surface area contributed by atoms with Crippen LogP contribution >= 0.6 is 0 Å². The molecule has 118 valence electrons. The summed E-state index contributed by atoms with van der Waals surface area (Å²) in [6, 6.07) is 9.50. The molecule has 1 atom stereocenters. The molecule has 1 unspecified atom stereocenters. The second kappa shape index (κ2) is 7.11. The smallest absolute Gasteiger partial charge is 0.266 e. The van der Waals surface area contributed by atoms with Gasteiger partial charge in [-0.2, -0.15) is 0 Å². The van der Waals surface area contributed by atoms with Crippen LogP contribution in [0.4, 0.5) is 5.82 Å². The molecule has 2 rings (SSSR count). The minimum absolute atomic E-state index is 0.233. The fraction of sp³-hybridized carbons (Fsp3) is 0.412. The first-order chi connectivity index (χ1) is 10.5. The van der Waals surface area contributed by atoms with E-state index < -0.39 is 6.10 Å². The predicted octanol–water partition coefficient (Wildman–Crippen LogP) is 3.90. The highest BCUT2D eigenvalue weighted by atomic mass is 16.5. The zero-order valence-electron chi connectivity index (χ0n) is 13.4. The Labute approximate surface area is 130 Å². The van der Waals surface area contributed by atoms with E-state index in [0.717, 1.165) is 0 Å². The summed E-state index contributed by atoms with van der Waals surface area (Å²) in [5.74, 6) is 1.97. The maximum Gasteiger partial charge on any atom is 0.266 e. The van der Waals surface area contributed by atoms with E-state index in [1.54, 1.807) is 13.0 Å². The molecule has 0 fully saturated rings. The average Bonchev–Trinajstić information content (AvgIpc) is 2.90. The summed E-state index contributed by atoms with van der Waals surface area (Å²) >= 11 is 0. The van der Waals surface area contributed by atoms with Gasteiger partial charge in [0.25, 0.3) is 5.91 Å². The van der Waals surface area contributed by atoms with Crippen molar-refractivity contribution in [1.29, 1.82) is 0 Å². The highest BCUT2D eigenvalue weighted by molar-refractivity contribution is 5.93. The fourth-order valence-electron chi connectivity index (χ4n) is 2.05. The average molecular weight is 302 g/mol. The van der Waals surface area contributed by atoms with Gasteiger partial charge in [0.1, 0.15) is 11.5 Å². The number of hydrogen-bond donors (Lipinski definition) is 1. The van der Waals surface area contributed by atoms with Gasteiger partial charge in [-0.15, -0.1) is 0 Å². The zero-order chi connectivity index (χ0) is 16.1. The number of carbonyl (C=O) groups is 1. The Hall–Kier alpha value is -2.30. The lowest BCUT2D eigenvalue weighted by atomic mass is 10.0. The van der Waals surface area contributed by atoms with Crippen molar-refractivity contribution in [3.05, 3.63) is 41.7 Å². The van der Waals surface area contributed by atoms with Gasteiger partial charge in [0.2, 0.25) is 0 Å². The van der Waals surface area contributed by atoms with E-state index in [2.05, 4.69) is 24.3 Å². The van der Waals surface area contributed by atoms with E-state index in [4.69, 9.17) is 9.26 Å². The Morgan fingerprint density at radius 2 is 2.00 bits per heavy atom. The number of benzene rings is 1. The van der Waals surface area contributed by atoms with E-state index in [1.807, 2.05) is 31.2 Å². The van der Waals surface area contributed by atoms with Crippen LogP contribution in [0.3, 0.4) is 0 Å². The van der Waals surface area contributed by atoms with E-state index in [-0.39, 0.29) is 5.91 Å². The van der Waals surface area contributed by atoms with Crippen LogP contribution in [-0.4, -0.2) is 17.2 Å². The van der Waals surface area contributed by atoms with Gasteiger partial charge in [0, 0.05) is 6.07 Å². The van der Waals surface area contributed by atoms with Gasteiger partial charge in [-0.05, 0) is 37.0 Å². The van der Waals surface area contributed by atoms with Crippen LogP contribution in [0.1, 0.15) is 44.4 Å². The lowest BCUT2D eigenvalue weighted by Gasteiger charge is -2.17. The Bertz CT molecular complexity index is 617. The van der Waals surface area contributed by atoms with Gasteiger partial charge in [0.15, 0.2) is 11.9 Å². The van der Waals surface area contributed by atoms with Crippen LogP contribution in [0.5, 0.6) is 5.75 Å². The molecule has 2 aromatic rings. The van der Waals surface area contributed by atoms with Gasteiger partial charge >= 0.3 is 0 Å². The third kappa shape index (κ3) is 4.10. The third-order valence-electron chi connectivity index (χ3n) is 3.37. The molecule has 0 aliphatic carbocycles. The van der Waals surface area contributed by atoms with Crippen LogP contribution in [0.15, 0.2) is 34.9 Å². The molecule has 0 radical (unpaired) electrons. The number of aromatic nitrogens is 1. The Balaban J connectivity index is 2.00. The van der Waals surface area contributed by atoms with Crippen LogP contribution in [0.2, 0.25) is 0 Å². The zero-order valence-corrected chi connectivity index (χ0v) is 13.4. The van der Waals surface area contributed by atoms with Gasteiger partial charge < -0.3 is 14.6 Å². The van der Waals surface area contributed by atoms with Crippen molar-refractivity contribution < 1.29 is 14.1 Å². The SMILES string of the molecule is CCC(Oc1ccc(C(C)C)cc1)C(=O)Nc1cc(C)on1. The number of rotatable bonds is 6. The van der Waals surface area contributed by atoms with Crippen molar-refractivity contribution >= 4 is 11.7 Å². The van der Waals surface area contributed by atoms with E-state index in [9.17, 15) is 4.79 Å². The van der Waals surface area contributed by atoms with Crippen molar-refractivity contribution in [3.63, 3.8) is 0 Å². The van der Waals surface area contributed by atoms with Crippen LogP contribution in [0.25, 0.3) is 0 Å². The van der Waals surface area contributed by atoms with Gasteiger partial charge in [0.05, 0.1) is 0 Å². The molecule has 0 saturated carbocycles. The molecule has 1 aromatic heterocycles. The van der Waals surface area contributed by atoms with Gasteiger partial charge in [-0.25, -0.2) is 0 Å². The van der Waals surface area contributed by atoms with E-state index in [0.29, 0.717) is 29.7 Å². The molecular weight excluding hydrogens is 280 g/mol. The summed E-state index contributed by atoms with van der Waals surface area (Å²) in [5.41, 5.74) is 1.24. The van der Waals surface area contributed by atoms with Crippen LogP contribution < -0.4 is 10.1 Å². The largest absolute Gasteiger partial charge is 0.481 e. The first-order valence-corrected chi connectivity index (χ1v) is 7.50. The number of hydrogen-bond acceptors (Lipinski definition) is 4. The molecule has 0 bridgehead atoms. The normalized spacial score (nSPS) is 12.2. The number of anilines is 1. The maximum atomic E-state index is 12.2. The topological polar surface area (TPSA) is 64.4 Å². The molecule has 1 aromatic carbocycles. The molecule has 22 heavy (non-hydrogen) atoms. The summed E-state index contributed by atoms with van der Waals surface area (Å²) in [6.45, 7) is 7.95. The summed E-state index contributed by atoms with van der Waals surface area (Å²) in [5, 5.41) is 6.44. The lowest BCUT2D eigenvalue weighted by molar-refractivity contribution is -0.122. The summed E-state index contributed by atoms with van der Waals surface area (Å²) in [4.78, 5) is 12.2. The highest BCUT2D eigenvalue weighted by Gasteiger charge is 2.19. The lowest BCUT2D eigenvalue weighted by Crippen LogP contribution is -2.32. The molecule has 1 amide bonds. The van der Waals surface area contributed by atoms with E-state index in [1.165, 1.54) is 5.56 Å². The Morgan fingerprint density at radius 1 is 1.32 bits per heavy atom. The molecule has 0 spiro atoms. The van der Waals surface area contributed by atoms with Crippen LogP contribution in [-0.2, 0) is 4.79 Å². The second-order valence-electron chi connectivity index (χ2n) is 5.55. The monoisotopic (exact) mass is 302 g/mol. The maximum absolute atomic E-state index is 12.2. The molecule has 1 heterocycles. The van der Waals surface area contributed by atoms with Crippen molar-refractivity contribution in [1.82, 2.24) is 5.16 Å². The van der Waals surface area contributed by atoms with Gasteiger partial charge in [-0.1, -0.05) is 38.1 Å². The number of aryl methyl sites for hydroxylation is 1. The molecule has 1 N–H and O–H groups in total. The Morgan fingerprint density at radius 3 is 2.50 bits per heavy atom. The minimum Gasteiger partial charge on any atom is -0.481 e. The number of nitrogens with zero attached hydrogens (tertiary/aromatic N) is 1. The molecular formula is C17H22N2O3. The van der Waals surface area contributed by atoms with Crippen molar-refractivity contribution in [3.8, 4) is 5.75 Å². The fourth-order valence-corrected chi connectivity index (χ4v) is 2.05. The first-order valence-electron chi connectivity index (χ1n) is 7.50. The number of ether oxygens (including phenoxy) is 1. The molecule has 5 heteroatoms. The molecule has 0 aliphatic rings. The highest BCUT2D eigenvalue weighted by Crippen LogP contribution is 2.20. The van der Waals surface area contributed by atoms with Crippen molar-refractivity contribution in [2.45, 2.75) is 46.1 Å². The first kappa shape index (κ1) is 16.1. The summed E-state index contributed by atoms with van der Waals surface area (Å²) in [6.07, 6.45) is -0.00359. The Kier molecular flexibility index (Phi) is 5.20. The van der Waals surface area contributed by atoms with E-state index >= 15 is 0 Å². The van der Waals surface area contributed by atoms with Crippen molar-refractivity contribution in [2.24, 2.45) is 0 Å². The second-order valence-corrected chi connectivity index (χ2v) is 5.55. The van der Waals surface area contributed by atoms with Crippen molar-refractivity contribution in [2.75, 3.05) is 5.32 Å². The molecule has 0 aliphatic heterocycles. The molecule has 0 saturated heterocycles. The summed E-state index contributed by atoms with van der Waals surface area (Å²) < 4.78 is 10.7. The number of nitrogens with one attached hydrogen (secondary N) is 1. The standard InChI is InChI=1S/C17H22N2O3/c1-5-15(17(20)18-16-10-12(4)22-19-16)21-14-8-6-13(7-9-14)11(2)3/h6-11,15H,5H2,1-4H3,(H,18,19,20). The predicted molar refractivity (Wildman–Crippen MR) is 85.1 cm³/mol. The van der Waals surface area contributed by atoms with Gasteiger partial charge in [-0.3, -0.25) is 4.79 Å². The number of carbonyl (C=O) groups excluding carboxylic acids is 1. The minimum atomic E-state index is -0.568. The number of amides is 1. The summed E-state index contributed by atoms with van der Waals surface area (Å²) in [7, 11) is 0.